The largest absolute Gasteiger partial charge is 0.378 e. The van der Waals surface area contributed by atoms with E-state index in [9.17, 15) is 0 Å². The molecular formula is C20H21N5O. The number of hydrazone groups is 1. The lowest BCUT2D eigenvalue weighted by molar-refractivity contribution is 0.122. The van der Waals surface area contributed by atoms with E-state index in [4.69, 9.17) is 4.74 Å². The van der Waals surface area contributed by atoms with Gasteiger partial charge in [0.15, 0.2) is 5.82 Å². The Morgan fingerprint density at radius 1 is 1.08 bits per heavy atom. The SMILES string of the molecule is CC(=NNc1nncc2ccccc12)c1ccc(N2CCOCC2)cc1. The van der Waals surface area contributed by atoms with Crippen LogP contribution < -0.4 is 10.3 Å². The molecule has 0 bridgehead atoms. The molecule has 1 N–H and O–H groups in total. The average Bonchev–Trinajstić information content (AvgIpc) is 2.73. The summed E-state index contributed by atoms with van der Waals surface area (Å²) in [5.74, 6) is 0.660. The van der Waals surface area contributed by atoms with Gasteiger partial charge in [-0.1, -0.05) is 36.4 Å². The summed E-state index contributed by atoms with van der Waals surface area (Å²) in [5.41, 5.74) is 6.24. The van der Waals surface area contributed by atoms with E-state index in [0.717, 1.165) is 48.4 Å². The lowest BCUT2D eigenvalue weighted by Crippen LogP contribution is -2.36. The Balaban J connectivity index is 1.50. The molecule has 26 heavy (non-hydrogen) atoms. The van der Waals surface area contributed by atoms with E-state index in [1.165, 1.54) is 5.69 Å². The first-order valence-electron chi connectivity index (χ1n) is 8.75. The predicted octanol–water partition coefficient (Wildman–Crippen LogP) is 3.30. The summed E-state index contributed by atoms with van der Waals surface area (Å²) >= 11 is 0. The molecular weight excluding hydrogens is 326 g/mol. The molecule has 3 aromatic rings. The minimum atomic E-state index is 0.660. The number of rotatable bonds is 4. The van der Waals surface area contributed by atoms with Crippen LogP contribution in [0.1, 0.15) is 12.5 Å². The van der Waals surface area contributed by atoms with Gasteiger partial charge in [-0.3, -0.25) is 5.43 Å². The molecule has 1 saturated heterocycles. The third kappa shape index (κ3) is 3.50. The topological polar surface area (TPSA) is 62.6 Å². The maximum Gasteiger partial charge on any atom is 0.176 e. The summed E-state index contributed by atoms with van der Waals surface area (Å²) in [7, 11) is 0. The molecule has 1 aliphatic rings. The molecule has 0 spiro atoms. The van der Waals surface area contributed by atoms with Crippen LogP contribution in [0.2, 0.25) is 0 Å². The van der Waals surface area contributed by atoms with Crippen molar-refractivity contribution in [2.45, 2.75) is 6.92 Å². The van der Waals surface area contributed by atoms with Gasteiger partial charge in [-0.15, -0.1) is 5.10 Å². The quantitative estimate of drug-likeness (QED) is 0.579. The average molecular weight is 347 g/mol. The molecule has 6 heteroatoms. The Hall–Kier alpha value is -2.99. The van der Waals surface area contributed by atoms with Crippen LogP contribution in [0, 0.1) is 0 Å². The van der Waals surface area contributed by atoms with Crippen LogP contribution in [0.15, 0.2) is 59.8 Å². The summed E-state index contributed by atoms with van der Waals surface area (Å²) in [5, 5.41) is 14.7. The highest BCUT2D eigenvalue weighted by molar-refractivity contribution is 6.00. The highest BCUT2D eigenvalue weighted by atomic mass is 16.5. The summed E-state index contributed by atoms with van der Waals surface area (Å²) < 4.78 is 5.41. The molecule has 0 atom stereocenters. The van der Waals surface area contributed by atoms with Crippen molar-refractivity contribution < 1.29 is 4.74 Å². The second kappa shape index (κ2) is 7.49. The van der Waals surface area contributed by atoms with E-state index in [2.05, 4.69) is 49.9 Å². The molecule has 4 rings (SSSR count). The molecule has 132 valence electrons. The van der Waals surface area contributed by atoms with Crippen LogP contribution in [-0.4, -0.2) is 42.2 Å². The van der Waals surface area contributed by atoms with Crippen LogP contribution in [-0.2, 0) is 4.74 Å². The maximum atomic E-state index is 5.41. The van der Waals surface area contributed by atoms with Gasteiger partial charge in [0.25, 0.3) is 0 Å². The van der Waals surface area contributed by atoms with E-state index in [-0.39, 0.29) is 0 Å². The smallest absolute Gasteiger partial charge is 0.176 e. The van der Waals surface area contributed by atoms with Gasteiger partial charge in [-0.25, -0.2) is 0 Å². The number of ether oxygens (including phenoxy) is 1. The number of aromatic nitrogens is 2. The first-order valence-corrected chi connectivity index (χ1v) is 8.75. The second-order valence-corrected chi connectivity index (χ2v) is 6.24. The molecule has 2 heterocycles. The number of fused-ring (bicyclic) bond motifs is 1. The summed E-state index contributed by atoms with van der Waals surface area (Å²) in [6.07, 6.45) is 1.75. The monoisotopic (exact) mass is 347 g/mol. The van der Waals surface area contributed by atoms with Crippen molar-refractivity contribution in [1.82, 2.24) is 10.2 Å². The maximum absolute atomic E-state index is 5.41. The van der Waals surface area contributed by atoms with Gasteiger partial charge in [-0.05, 0) is 24.6 Å². The van der Waals surface area contributed by atoms with Gasteiger partial charge in [0.05, 0.1) is 25.1 Å². The molecule has 1 aliphatic heterocycles. The second-order valence-electron chi connectivity index (χ2n) is 6.24. The van der Waals surface area contributed by atoms with Crippen LogP contribution in [0.25, 0.3) is 10.8 Å². The highest BCUT2D eigenvalue weighted by Crippen LogP contribution is 2.20. The fourth-order valence-corrected chi connectivity index (χ4v) is 3.05. The first-order chi connectivity index (χ1) is 12.8. The Morgan fingerprint density at radius 2 is 1.85 bits per heavy atom. The molecule has 0 aliphatic carbocycles. The lowest BCUT2D eigenvalue weighted by atomic mass is 10.1. The fourth-order valence-electron chi connectivity index (χ4n) is 3.05. The number of anilines is 2. The van der Waals surface area contributed by atoms with Crippen molar-refractivity contribution >= 4 is 28.0 Å². The molecule has 0 saturated carbocycles. The normalized spacial score (nSPS) is 15.3. The van der Waals surface area contributed by atoms with Gasteiger partial charge < -0.3 is 9.64 Å². The van der Waals surface area contributed by atoms with Gasteiger partial charge in [-0.2, -0.15) is 10.2 Å². The molecule has 1 fully saturated rings. The molecule has 0 amide bonds. The summed E-state index contributed by atoms with van der Waals surface area (Å²) in [4.78, 5) is 2.34. The number of nitrogens with zero attached hydrogens (tertiary/aromatic N) is 4. The zero-order valence-electron chi connectivity index (χ0n) is 14.7. The number of morpholine rings is 1. The predicted molar refractivity (Wildman–Crippen MR) is 105 cm³/mol. The standard InChI is InChI=1S/C20H21N5O/c1-15(16-6-8-18(9-7-16)25-10-12-26-13-11-25)22-24-20-19-5-3-2-4-17(19)14-21-23-20/h2-9,14H,10-13H2,1H3,(H,23,24). The number of benzene rings is 2. The molecule has 6 nitrogen and oxygen atoms in total. The van der Waals surface area contributed by atoms with Crippen LogP contribution in [0.3, 0.4) is 0 Å². The Bertz CT molecular complexity index is 912. The van der Waals surface area contributed by atoms with E-state index in [0.29, 0.717) is 5.82 Å². The molecule has 0 radical (unpaired) electrons. The minimum absolute atomic E-state index is 0.660. The molecule has 0 unspecified atom stereocenters. The van der Waals surface area contributed by atoms with Gasteiger partial charge in [0, 0.05) is 29.5 Å². The third-order valence-electron chi connectivity index (χ3n) is 4.56. The number of hydrogen-bond donors (Lipinski definition) is 1. The van der Waals surface area contributed by atoms with E-state index in [1.54, 1.807) is 6.20 Å². The van der Waals surface area contributed by atoms with Crippen molar-refractivity contribution in [3.8, 4) is 0 Å². The molecule has 2 aromatic carbocycles. The zero-order valence-corrected chi connectivity index (χ0v) is 14.7. The number of hydrogen-bond acceptors (Lipinski definition) is 6. The van der Waals surface area contributed by atoms with Crippen molar-refractivity contribution in [3.63, 3.8) is 0 Å². The third-order valence-corrected chi connectivity index (χ3v) is 4.56. The van der Waals surface area contributed by atoms with Crippen molar-refractivity contribution in [2.24, 2.45) is 5.10 Å². The van der Waals surface area contributed by atoms with Gasteiger partial charge in [0.1, 0.15) is 0 Å². The van der Waals surface area contributed by atoms with Crippen LogP contribution in [0.4, 0.5) is 11.5 Å². The zero-order chi connectivity index (χ0) is 17.8. The van der Waals surface area contributed by atoms with E-state index in [1.807, 2.05) is 31.2 Å². The van der Waals surface area contributed by atoms with Crippen LogP contribution >= 0.6 is 0 Å². The van der Waals surface area contributed by atoms with Crippen molar-refractivity contribution in [2.75, 3.05) is 36.6 Å². The first kappa shape index (κ1) is 16.5. The Morgan fingerprint density at radius 3 is 2.65 bits per heavy atom. The van der Waals surface area contributed by atoms with Gasteiger partial charge >= 0.3 is 0 Å². The highest BCUT2D eigenvalue weighted by Gasteiger charge is 2.11. The molecule has 1 aromatic heterocycles. The van der Waals surface area contributed by atoms with Crippen LogP contribution in [0.5, 0.6) is 0 Å². The van der Waals surface area contributed by atoms with Crippen molar-refractivity contribution in [1.29, 1.82) is 0 Å². The fraction of sp³-hybridized carbons (Fsp3) is 0.250. The Kier molecular flexibility index (Phi) is 4.75. The minimum Gasteiger partial charge on any atom is -0.378 e. The van der Waals surface area contributed by atoms with E-state index < -0.39 is 0 Å². The van der Waals surface area contributed by atoms with Gasteiger partial charge in [0.2, 0.25) is 0 Å². The lowest BCUT2D eigenvalue weighted by Gasteiger charge is -2.28. The van der Waals surface area contributed by atoms with Crippen molar-refractivity contribution in [3.05, 3.63) is 60.3 Å². The van der Waals surface area contributed by atoms with E-state index >= 15 is 0 Å². The number of nitrogens with one attached hydrogen (secondary N) is 1. The Labute approximate surface area is 152 Å². The summed E-state index contributed by atoms with van der Waals surface area (Å²) in [6.45, 7) is 5.44. The summed E-state index contributed by atoms with van der Waals surface area (Å²) in [6, 6.07) is 16.5.